The molecular weight excluding hydrogens is 419 g/mol. The van der Waals surface area contributed by atoms with Crippen molar-refractivity contribution in [2.45, 2.75) is 25.9 Å². The lowest BCUT2D eigenvalue weighted by Gasteiger charge is -2.14. The zero-order valence-corrected chi connectivity index (χ0v) is 18.6. The van der Waals surface area contributed by atoms with Crippen LogP contribution in [0.15, 0.2) is 54.1 Å². The Bertz CT molecular complexity index is 965. The number of carbonyl (C=O) groups is 2. The summed E-state index contributed by atoms with van der Waals surface area (Å²) in [5.74, 6) is -1.07. The smallest absolute Gasteiger partial charge is 0.351 e. The van der Waals surface area contributed by atoms with Gasteiger partial charge >= 0.3 is 6.18 Å². The number of benzene rings is 2. The maximum absolute atomic E-state index is 13.0. The van der Waals surface area contributed by atoms with Gasteiger partial charge in [-0.25, -0.2) is 0 Å². The molecule has 2 aromatic rings. The van der Waals surface area contributed by atoms with Crippen LogP contribution in [0.4, 0.5) is 18.9 Å². The van der Waals surface area contributed by atoms with Crippen LogP contribution in [-0.4, -0.2) is 43.9 Å². The number of nitrogens with one attached hydrogen (secondary N) is 2. The van der Waals surface area contributed by atoms with Crippen molar-refractivity contribution in [3.05, 3.63) is 70.8 Å². The van der Waals surface area contributed by atoms with Crippen molar-refractivity contribution in [3.63, 3.8) is 0 Å². The molecule has 0 saturated heterocycles. The van der Waals surface area contributed by atoms with Gasteiger partial charge in [-0.15, -0.1) is 0 Å². The van der Waals surface area contributed by atoms with Crippen LogP contribution in [0.5, 0.6) is 0 Å². The molecule has 0 radical (unpaired) electrons. The van der Waals surface area contributed by atoms with E-state index in [-0.39, 0.29) is 11.3 Å². The van der Waals surface area contributed by atoms with Crippen molar-refractivity contribution in [2.24, 2.45) is 0 Å². The van der Waals surface area contributed by atoms with Crippen LogP contribution in [0.25, 0.3) is 6.08 Å². The summed E-state index contributed by atoms with van der Waals surface area (Å²) in [6.45, 7) is 4.98. The molecule has 0 heterocycles. The molecule has 0 saturated carbocycles. The van der Waals surface area contributed by atoms with E-state index in [1.807, 2.05) is 31.1 Å². The number of halogens is 3. The highest BCUT2D eigenvalue weighted by Gasteiger charge is 2.30. The zero-order chi connectivity index (χ0) is 23.9. The van der Waals surface area contributed by atoms with Crippen LogP contribution in [0.2, 0.25) is 0 Å². The molecule has 0 atom stereocenters. The van der Waals surface area contributed by atoms with E-state index in [4.69, 9.17) is 0 Å². The van der Waals surface area contributed by atoms with Gasteiger partial charge in [-0.1, -0.05) is 44.2 Å². The van der Waals surface area contributed by atoms with Gasteiger partial charge in [0.1, 0.15) is 5.57 Å². The second-order valence-electron chi connectivity index (χ2n) is 7.97. The SMILES string of the molecule is CC(C)c1ccc(/C=C(\C(=O)NCCN(C)C)C(=O)Nc2cccc(C(F)(F)F)c2)cc1. The highest BCUT2D eigenvalue weighted by molar-refractivity contribution is 6.25. The number of anilines is 1. The van der Waals surface area contributed by atoms with Crippen molar-refractivity contribution in [1.82, 2.24) is 10.2 Å². The number of hydrogen-bond donors (Lipinski definition) is 2. The van der Waals surface area contributed by atoms with Crippen LogP contribution in [0, 0.1) is 0 Å². The molecule has 2 rings (SSSR count). The van der Waals surface area contributed by atoms with Crippen LogP contribution >= 0.6 is 0 Å². The van der Waals surface area contributed by atoms with E-state index in [9.17, 15) is 22.8 Å². The molecule has 5 nitrogen and oxygen atoms in total. The highest BCUT2D eigenvalue weighted by atomic mass is 19.4. The number of amides is 2. The molecule has 0 unspecified atom stereocenters. The van der Waals surface area contributed by atoms with Gasteiger partial charge < -0.3 is 15.5 Å². The Balaban J connectivity index is 2.30. The van der Waals surface area contributed by atoms with E-state index in [1.165, 1.54) is 18.2 Å². The van der Waals surface area contributed by atoms with Crippen molar-refractivity contribution in [3.8, 4) is 0 Å². The van der Waals surface area contributed by atoms with E-state index in [0.29, 0.717) is 24.6 Å². The van der Waals surface area contributed by atoms with E-state index in [2.05, 4.69) is 24.5 Å². The molecule has 0 bridgehead atoms. The van der Waals surface area contributed by atoms with Crippen molar-refractivity contribution < 1.29 is 22.8 Å². The third kappa shape index (κ3) is 7.53. The van der Waals surface area contributed by atoms with Crippen molar-refractivity contribution in [1.29, 1.82) is 0 Å². The number of carbonyl (C=O) groups excluding carboxylic acids is 2. The number of alkyl halides is 3. The largest absolute Gasteiger partial charge is 0.416 e. The Morgan fingerprint density at radius 3 is 2.25 bits per heavy atom. The normalized spacial score (nSPS) is 12.2. The molecule has 0 aromatic heterocycles. The molecule has 2 N–H and O–H groups in total. The summed E-state index contributed by atoms with van der Waals surface area (Å²) in [5.41, 5.74) is 0.602. The fraction of sp³-hybridized carbons (Fsp3) is 0.333. The molecule has 2 amide bonds. The molecular formula is C24H28F3N3O2. The number of nitrogens with zero attached hydrogens (tertiary/aromatic N) is 1. The standard InChI is InChI=1S/C24H28F3N3O2/c1-16(2)18-10-8-17(9-11-18)14-21(22(31)28-12-13-30(3)4)23(32)29-20-7-5-6-19(15-20)24(25,26)27/h5-11,14-16H,12-13H2,1-4H3,(H,28,31)(H,29,32)/b21-14+. The summed E-state index contributed by atoms with van der Waals surface area (Å²) < 4.78 is 38.9. The molecule has 8 heteroatoms. The lowest BCUT2D eigenvalue weighted by atomic mass is 10.0. The lowest BCUT2D eigenvalue weighted by molar-refractivity contribution is -0.137. The van der Waals surface area contributed by atoms with Crippen LogP contribution in [-0.2, 0) is 15.8 Å². The molecule has 0 aliphatic carbocycles. The van der Waals surface area contributed by atoms with E-state index in [1.54, 1.807) is 12.1 Å². The Labute approximate surface area is 186 Å². The lowest BCUT2D eigenvalue weighted by Crippen LogP contribution is -2.35. The summed E-state index contributed by atoms with van der Waals surface area (Å²) in [6, 6.07) is 11.7. The topological polar surface area (TPSA) is 61.4 Å². The molecule has 0 fully saturated rings. The molecule has 0 aliphatic heterocycles. The minimum atomic E-state index is -4.54. The van der Waals surface area contributed by atoms with Gasteiger partial charge in [0.15, 0.2) is 0 Å². The van der Waals surface area contributed by atoms with E-state index in [0.717, 1.165) is 17.7 Å². The fourth-order valence-electron chi connectivity index (χ4n) is 2.84. The first-order valence-corrected chi connectivity index (χ1v) is 10.2. The Morgan fingerprint density at radius 1 is 1.03 bits per heavy atom. The summed E-state index contributed by atoms with van der Waals surface area (Å²) in [4.78, 5) is 27.5. The number of rotatable bonds is 8. The summed E-state index contributed by atoms with van der Waals surface area (Å²) in [6.07, 6.45) is -3.11. The predicted molar refractivity (Wildman–Crippen MR) is 120 cm³/mol. The van der Waals surface area contributed by atoms with Crippen molar-refractivity contribution in [2.75, 3.05) is 32.5 Å². The number of hydrogen-bond acceptors (Lipinski definition) is 3. The van der Waals surface area contributed by atoms with Gasteiger partial charge in [0, 0.05) is 18.8 Å². The van der Waals surface area contributed by atoms with Crippen molar-refractivity contribution >= 4 is 23.6 Å². The molecule has 0 aliphatic rings. The minimum Gasteiger partial charge on any atom is -0.351 e. The van der Waals surface area contributed by atoms with Crippen LogP contribution < -0.4 is 10.6 Å². The van der Waals surface area contributed by atoms with Gasteiger partial charge in [-0.2, -0.15) is 13.2 Å². The van der Waals surface area contributed by atoms with Crippen LogP contribution in [0.3, 0.4) is 0 Å². The van der Waals surface area contributed by atoms with Crippen LogP contribution in [0.1, 0.15) is 36.5 Å². The van der Waals surface area contributed by atoms with E-state index < -0.39 is 23.6 Å². The van der Waals surface area contributed by atoms with Gasteiger partial charge in [0.2, 0.25) is 0 Å². The Hall–Kier alpha value is -3.13. The quantitative estimate of drug-likeness (QED) is 0.355. The minimum absolute atomic E-state index is 0.0491. The molecule has 172 valence electrons. The number of likely N-dealkylation sites (N-methyl/N-ethyl adjacent to an activating group) is 1. The second-order valence-corrected chi connectivity index (χ2v) is 7.97. The summed E-state index contributed by atoms with van der Waals surface area (Å²) in [7, 11) is 3.69. The Kier molecular flexibility index (Phi) is 8.60. The predicted octanol–water partition coefficient (Wildman–Crippen LogP) is 4.53. The monoisotopic (exact) mass is 447 g/mol. The van der Waals surface area contributed by atoms with Gasteiger partial charge in [-0.3, -0.25) is 9.59 Å². The summed E-state index contributed by atoms with van der Waals surface area (Å²) in [5, 5.41) is 5.08. The first-order chi connectivity index (χ1) is 15.0. The average Bonchev–Trinajstić information content (AvgIpc) is 2.71. The zero-order valence-electron chi connectivity index (χ0n) is 18.6. The highest BCUT2D eigenvalue weighted by Crippen LogP contribution is 2.30. The molecule has 0 spiro atoms. The van der Waals surface area contributed by atoms with Gasteiger partial charge in [0.05, 0.1) is 5.56 Å². The van der Waals surface area contributed by atoms with Gasteiger partial charge in [-0.05, 0) is 55.4 Å². The maximum Gasteiger partial charge on any atom is 0.416 e. The molecule has 32 heavy (non-hydrogen) atoms. The summed E-state index contributed by atoms with van der Waals surface area (Å²) >= 11 is 0. The fourth-order valence-corrected chi connectivity index (χ4v) is 2.84. The van der Waals surface area contributed by atoms with Gasteiger partial charge in [0.25, 0.3) is 11.8 Å². The second kappa shape index (κ2) is 10.9. The average molecular weight is 448 g/mol. The first kappa shape index (κ1) is 25.1. The molecule has 2 aromatic carbocycles. The maximum atomic E-state index is 13.0. The van der Waals surface area contributed by atoms with E-state index >= 15 is 0 Å². The first-order valence-electron chi connectivity index (χ1n) is 10.2. The Morgan fingerprint density at radius 2 is 1.69 bits per heavy atom. The third-order valence-corrected chi connectivity index (χ3v) is 4.70. The third-order valence-electron chi connectivity index (χ3n) is 4.70.